The van der Waals surface area contributed by atoms with Gasteiger partial charge in [0.1, 0.15) is 5.15 Å². The van der Waals surface area contributed by atoms with Crippen molar-refractivity contribution in [3.8, 4) is 0 Å². The first-order valence-corrected chi connectivity index (χ1v) is 5.94. The topological polar surface area (TPSA) is 29.9 Å². The highest BCUT2D eigenvalue weighted by Gasteiger charge is 2.32. The minimum absolute atomic E-state index is 0.686. The standard InChI is InChI=1S/C11H18ClN3/c1-4-9-8(11(12)15(3)14-9)6-13-10-5-7(10)2/h7,10,13H,4-6H2,1-3H3. The van der Waals surface area contributed by atoms with Crippen LogP contribution in [0.2, 0.25) is 5.15 Å². The summed E-state index contributed by atoms with van der Waals surface area (Å²) in [6, 6.07) is 0.686. The Bertz CT molecular complexity index is 359. The van der Waals surface area contributed by atoms with Gasteiger partial charge in [0.05, 0.1) is 5.69 Å². The van der Waals surface area contributed by atoms with Gasteiger partial charge >= 0.3 is 0 Å². The predicted octanol–water partition coefficient (Wildman–Crippen LogP) is 2.13. The number of nitrogens with zero attached hydrogens (tertiary/aromatic N) is 2. The third kappa shape index (κ3) is 2.18. The molecule has 1 heterocycles. The summed E-state index contributed by atoms with van der Waals surface area (Å²) >= 11 is 6.19. The van der Waals surface area contributed by atoms with Crippen LogP contribution in [0.15, 0.2) is 0 Å². The predicted molar refractivity (Wildman–Crippen MR) is 62.0 cm³/mol. The molecule has 84 valence electrons. The Balaban J connectivity index is 2.05. The quantitative estimate of drug-likeness (QED) is 0.854. The summed E-state index contributed by atoms with van der Waals surface area (Å²) in [6.45, 7) is 5.23. The Kier molecular flexibility index (Phi) is 3.03. The van der Waals surface area contributed by atoms with Gasteiger partial charge in [-0.25, -0.2) is 0 Å². The van der Waals surface area contributed by atoms with Gasteiger partial charge in [0.25, 0.3) is 0 Å². The zero-order valence-electron chi connectivity index (χ0n) is 9.55. The second kappa shape index (κ2) is 4.14. The monoisotopic (exact) mass is 227 g/mol. The summed E-state index contributed by atoms with van der Waals surface area (Å²) in [7, 11) is 1.89. The van der Waals surface area contributed by atoms with Crippen LogP contribution < -0.4 is 5.32 Å². The number of hydrogen-bond donors (Lipinski definition) is 1. The van der Waals surface area contributed by atoms with E-state index < -0.39 is 0 Å². The molecule has 0 aromatic carbocycles. The van der Waals surface area contributed by atoms with E-state index in [0.717, 1.165) is 29.7 Å². The molecule has 1 aromatic heterocycles. The number of hydrogen-bond acceptors (Lipinski definition) is 2. The van der Waals surface area contributed by atoms with Gasteiger partial charge in [-0.2, -0.15) is 5.10 Å². The summed E-state index contributed by atoms with van der Waals surface area (Å²) in [5.41, 5.74) is 2.28. The van der Waals surface area contributed by atoms with E-state index in [1.54, 1.807) is 4.68 Å². The molecule has 0 saturated heterocycles. The van der Waals surface area contributed by atoms with Crippen LogP contribution in [0.3, 0.4) is 0 Å². The molecule has 1 aromatic rings. The van der Waals surface area contributed by atoms with Gasteiger partial charge in [-0.05, 0) is 18.8 Å². The van der Waals surface area contributed by atoms with Gasteiger partial charge in [-0.3, -0.25) is 4.68 Å². The molecule has 1 N–H and O–H groups in total. The maximum Gasteiger partial charge on any atom is 0.131 e. The van der Waals surface area contributed by atoms with Crippen molar-refractivity contribution in [1.29, 1.82) is 0 Å². The molecule has 2 rings (SSSR count). The van der Waals surface area contributed by atoms with Crippen molar-refractivity contribution < 1.29 is 0 Å². The smallest absolute Gasteiger partial charge is 0.131 e. The van der Waals surface area contributed by atoms with Crippen molar-refractivity contribution in [3.05, 3.63) is 16.4 Å². The van der Waals surface area contributed by atoms with E-state index in [1.165, 1.54) is 12.0 Å². The maximum atomic E-state index is 6.19. The third-order valence-electron chi connectivity index (χ3n) is 3.14. The summed E-state index contributed by atoms with van der Waals surface area (Å²) in [5.74, 6) is 0.825. The molecule has 0 amide bonds. The first kappa shape index (κ1) is 11.0. The molecule has 2 unspecified atom stereocenters. The number of nitrogens with one attached hydrogen (secondary N) is 1. The van der Waals surface area contributed by atoms with E-state index in [9.17, 15) is 0 Å². The maximum absolute atomic E-state index is 6.19. The van der Waals surface area contributed by atoms with Crippen LogP contribution in [0.4, 0.5) is 0 Å². The molecule has 0 bridgehead atoms. The largest absolute Gasteiger partial charge is 0.309 e. The molecular weight excluding hydrogens is 210 g/mol. The highest BCUT2D eigenvalue weighted by Crippen LogP contribution is 2.30. The minimum atomic E-state index is 0.686. The lowest BCUT2D eigenvalue weighted by molar-refractivity contribution is 0.649. The van der Waals surface area contributed by atoms with E-state index in [-0.39, 0.29) is 0 Å². The summed E-state index contributed by atoms with van der Waals surface area (Å²) in [6.07, 6.45) is 2.23. The molecule has 1 saturated carbocycles. The molecule has 4 heteroatoms. The number of aryl methyl sites for hydroxylation is 2. The molecular formula is C11H18ClN3. The highest BCUT2D eigenvalue weighted by atomic mass is 35.5. The van der Waals surface area contributed by atoms with E-state index in [4.69, 9.17) is 11.6 Å². The van der Waals surface area contributed by atoms with Crippen molar-refractivity contribution in [3.63, 3.8) is 0 Å². The van der Waals surface area contributed by atoms with Gasteiger partial charge in [0, 0.05) is 25.2 Å². The van der Waals surface area contributed by atoms with E-state index in [2.05, 4.69) is 24.3 Å². The summed E-state index contributed by atoms with van der Waals surface area (Å²) < 4.78 is 1.76. The summed E-state index contributed by atoms with van der Waals surface area (Å²) in [4.78, 5) is 0. The van der Waals surface area contributed by atoms with Crippen LogP contribution in [0.5, 0.6) is 0 Å². The Labute approximate surface area is 95.8 Å². The van der Waals surface area contributed by atoms with Crippen LogP contribution in [0.1, 0.15) is 31.5 Å². The second-order valence-corrected chi connectivity index (χ2v) is 4.75. The lowest BCUT2D eigenvalue weighted by Crippen LogP contribution is -2.17. The van der Waals surface area contributed by atoms with Crippen LogP contribution >= 0.6 is 11.6 Å². The normalized spacial score (nSPS) is 24.5. The fraction of sp³-hybridized carbons (Fsp3) is 0.727. The fourth-order valence-electron chi connectivity index (χ4n) is 1.90. The van der Waals surface area contributed by atoms with Gasteiger partial charge in [0.2, 0.25) is 0 Å². The zero-order chi connectivity index (χ0) is 11.0. The molecule has 0 radical (unpaired) electrons. The van der Waals surface area contributed by atoms with Crippen LogP contribution in [0, 0.1) is 5.92 Å². The van der Waals surface area contributed by atoms with Gasteiger partial charge in [-0.1, -0.05) is 25.4 Å². The van der Waals surface area contributed by atoms with Crippen molar-refractivity contribution in [2.24, 2.45) is 13.0 Å². The molecule has 3 nitrogen and oxygen atoms in total. The zero-order valence-corrected chi connectivity index (χ0v) is 10.3. The highest BCUT2D eigenvalue weighted by molar-refractivity contribution is 6.30. The van der Waals surface area contributed by atoms with Crippen molar-refractivity contribution >= 4 is 11.6 Å². The van der Waals surface area contributed by atoms with E-state index in [0.29, 0.717) is 6.04 Å². The summed E-state index contributed by atoms with van der Waals surface area (Å²) in [5, 5.41) is 8.68. The minimum Gasteiger partial charge on any atom is -0.309 e. The van der Waals surface area contributed by atoms with Crippen molar-refractivity contribution in [1.82, 2.24) is 15.1 Å². The van der Waals surface area contributed by atoms with E-state index in [1.807, 2.05) is 7.05 Å². The van der Waals surface area contributed by atoms with Crippen molar-refractivity contribution in [2.75, 3.05) is 0 Å². The second-order valence-electron chi connectivity index (χ2n) is 4.39. The van der Waals surface area contributed by atoms with E-state index >= 15 is 0 Å². The average molecular weight is 228 g/mol. The Hall–Kier alpha value is -0.540. The Morgan fingerprint density at radius 2 is 2.27 bits per heavy atom. The average Bonchev–Trinajstić information content (AvgIpc) is 2.84. The van der Waals surface area contributed by atoms with Crippen LogP contribution in [0.25, 0.3) is 0 Å². The number of aromatic nitrogens is 2. The first-order chi connectivity index (χ1) is 7.13. The molecule has 1 aliphatic carbocycles. The van der Waals surface area contributed by atoms with Crippen LogP contribution in [-0.4, -0.2) is 15.8 Å². The van der Waals surface area contributed by atoms with Crippen molar-refractivity contribution in [2.45, 2.75) is 39.3 Å². The van der Waals surface area contributed by atoms with Gasteiger partial charge in [-0.15, -0.1) is 0 Å². The molecule has 1 aliphatic rings. The molecule has 0 aliphatic heterocycles. The third-order valence-corrected chi connectivity index (χ3v) is 3.61. The Morgan fingerprint density at radius 1 is 1.60 bits per heavy atom. The van der Waals surface area contributed by atoms with Crippen LogP contribution in [-0.2, 0) is 20.0 Å². The molecule has 15 heavy (non-hydrogen) atoms. The first-order valence-electron chi connectivity index (χ1n) is 5.57. The SMILES string of the molecule is CCc1nn(C)c(Cl)c1CNC1CC1C. The molecule has 1 fully saturated rings. The van der Waals surface area contributed by atoms with Gasteiger partial charge < -0.3 is 5.32 Å². The number of halogens is 1. The Morgan fingerprint density at radius 3 is 2.80 bits per heavy atom. The lowest BCUT2D eigenvalue weighted by Gasteiger charge is -2.03. The number of rotatable bonds is 4. The fourth-order valence-corrected chi connectivity index (χ4v) is 2.11. The lowest BCUT2D eigenvalue weighted by atomic mass is 10.2. The molecule has 2 atom stereocenters. The van der Waals surface area contributed by atoms with Gasteiger partial charge in [0.15, 0.2) is 0 Å². The molecule has 0 spiro atoms.